The Bertz CT molecular complexity index is 1470. The fourth-order valence-electron chi connectivity index (χ4n) is 7.76. The number of likely N-dealkylation sites (N-methyl/N-ethyl adjacent to an activating group) is 1. The molecule has 1 aromatic heterocycles. The third-order valence-electron chi connectivity index (χ3n) is 9.55. The average molecular weight is 548 g/mol. The van der Waals surface area contributed by atoms with E-state index < -0.39 is 35.5 Å². The zero-order valence-electron chi connectivity index (χ0n) is 23.4. The van der Waals surface area contributed by atoms with Crippen LogP contribution in [0.4, 0.5) is 0 Å². The lowest BCUT2D eigenvalue weighted by Gasteiger charge is -2.49. The summed E-state index contributed by atoms with van der Waals surface area (Å²) in [5.74, 6) is -3.48. The number of nitrogens with one attached hydrogen (secondary N) is 2. The Morgan fingerprint density at radius 1 is 1.30 bits per heavy atom. The molecule has 6 atom stereocenters. The molecule has 5 heterocycles. The van der Waals surface area contributed by atoms with Gasteiger partial charge in [-0.2, -0.15) is 0 Å². The monoisotopic (exact) mass is 547 g/mol. The first-order valence-corrected chi connectivity index (χ1v) is 14.4. The highest BCUT2D eigenvalue weighted by Gasteiger charge is 2.70. The minimum Gasteiger partial charge on any atom is -0.361 e. The summed E-state index contributed by atoms with van der Waals surface area (Å²) >= 11 is 0. The molecule has 40 heavy (non-hydrogen) atoms. The highest BCUT2D eigenvalue weighted by molar-refractivity contribution is 6.00. The summed E-state index contributed by atoms with van der Waals surface area (Å²) in [7, 11) is 2.02. The van der Waals surface area contributed by atoms with Crippen molar-refractivity contribution in [2.24, 2.45) is 11.8 Å². The van der Waals surface area contributed by atoms with Gasteiger partial charge in [0.1, 0.15) is 12.1 Å². The Morgan fingerprint density at radius 2 is 2.10 bits per heavy atom. The van der Waals surface area contributed by atoms with Crippen LogP contribution in [-0.2, 0) is 25.5 Å². The molecule has 0 bridgehead atoms. The van der Waals surface area contributed by atoms with Crippen LogP contribution < -0.4 is 5.32 Å². The number of benzene rings is 1. The molecule has 0 saturated carbocycles. The molecule has 4 aliphatic heterocycles. The lowest BCUT2D eigenvalue weighted by atomic mass is 9.79. The molecule has 10 heteroatoms. The predicted molar refractivity (Wildman–Crippen MR) is 147 cm³/mol. The number of hydrogen-bond donors (Lipinski definition) is 3. The number of H-pyrrole nitrogens is 1. The van der Waals surface area contributed by atoms with Crippen molar-refractivity contribution < 1.29 is 24.2 Å². The van der Waals surface area contributed by atoms with Crippen molar-refractivity contribution in [3.05, 3.63) is 41.6 Å². The van der Waals surface area contributed by atoms with Crippen molar-refractivity contribution in [1.82, 2.24) is 25.0 Å². The molecule has 3 N–H and O–H groups in total. The second kappa shape index (κ2) is 8.64. The summed E-state index contributed by atoms with van der Waals surface area (Å²) in [4.78, 5) is 49.7. The molecule has 1 aliphatic carbocycles. The molecule has 10 nitrogen and oxygen atoms in total. The van der Waals surface area contributed by atoms with E-state index in [0.717, 1.165) is 29.5 Å². The van der Waals surface area contributed by atoms with Gasteiger partial charge in [0.25, 0.3) is 11.8 Å². The number of piperazine rings is 1. The van der Waals surface area contributed by atoms with E-state index >= 15 is 0 Å². The van der Waals surface area contributed by atoms with Gasteiger partial charge in [-0.1, -0.05) is 32.1 Å². The largest absolute Gasteiger partial charge is 0.361 e. The molecule has 5 aliphatic rings. The van der Waals surface area contributed by atoms with Gasteiger partial charge in [0.15, 0.2) is 0 Å². The Morgan fingerprint density at radius 3 is 2.88 bits per heavy atom. The van der Waals surface area contributed by atoms with Crippen molar-refractivity contribution in [2.45, 2.75) is 76.2 Å². The SMILES string of the molecule is CC(C)C[C@H]1C(=O)N2CCC[C@H]2[C@]2(O)O[C@@](C)(NC(=O)[C@@H]3C=C4c5cccc6[nH]cc(c56)C[C@H]4N(C)C3)C(=O)N12. The van der Waals surface area contributed by atoms with Crippen LogP contribution in [0.3, 0.4) is 0 Å². The van der Waals surface area contributed by atoms with Gasteiger partial charge in [-0.15, -0.1) is 0 Å². The number of aromatic amines is 1. The maximum Gasteiger partial charge on any atom is 0.280 e. The highest BCUT2D eigenvalue weighted by Crippen LogP contribution is 2.46. The molecule has 3 amide bonds. The van der Waals surface area contributed by atoms with E-state index in [9.17, 15) is 19.5 Å². The summed E-state index contributed by atoms with van der Waals surface area (Å²) in [5.41, 5.74) is 2.78. The molecule has 3 fully saturated rings. The van der Waals surface area contributed by atoms with Crippen LogP contribution in [-0.4, -0.2) is 92.4 Å². The zero-order valence-corrected chi connectivity index (χ0v) is 23.4. The second-order valence-electron chi connectivity index (χ2n) is 12.7. The molecular formula is C30H37N5O5. The van der Waals surface area contributed by atoms with E-state index in [1.54, 1.807) is 4.90 Å². The molecule has 3 saturated heterocycles. The molecule has 0 radical (unpaired) electrons. The Hall–Kier alpha value is -3.21. The molecule has 0 unspecified atom stereocenters. The second-order valence-corrected chi connectivity index (χ2v) is 12.7. The van der Waals surface area contributed by atoms with Crippen LogP contribution in [0.15, 0.2) is 30.5 Å². The Balaban J connectivity index is 1.20. The van der Waals surface area contributed by atoms with E-state index in [1.807, 2.05) is 33.0 Å². The third-order valence-corrected chi connectivity index (χ3v) is 9.55. The fourth-order valence-corrected chi connectivity index (χ4v) is 7.76. The Labute approximate surface area is 233 Å². The highest BCUT2D eigenvalue weighted by atomic mass is 16.7. The summed E-state index contributed by atoms with van der Waals surface area (Å²) in [6.07, 6.45) is 6.61. The maximum atomic E-state index is 14.0. The lowest BCUT2D eigenvalue weighted by molar-refractivity contribution is -0.315. The van der Waals surface area contributed by atoms with Crippen molar-refractivity contribution in [3.63, 3.8) is 0 Å². The number of nitrogens with zero attached hydrogens (tertiary/aromatic N) is 3. The number of aromatic nitrogens is 1. The topological polar surface area (TPSA) is 118 Å². The summed E-state index contributed by atoms with van der Waals surface area (Å²) < 4.78 is 6.17. The van der Waals surface area contributed by atoms with Crippen molar-refractivity contribution >= 4 is 34.2 Å². The molecule has 0 spiro atoms. The minimum atomic E-state index is -1.99. The number of amides is 3. The smallest absolute Gasteiger partial charge is 0.280 e. The first-order valence-electron chi connectivity index (χ1n) is 14.4. The van der Waals surface area contributed by atoms with Crippen molar-refractivity contribution in [3.8, 4) is 0 Å². The minimum absolute atomic E-state index is 0.115. The number of ether oxygens (including phenoxy) is 1. The predicted octanol–water partition coefficient (Wildman–Crippen LogP) is 1.79. The number of aliphatic hydroxyl groups is 1. The molecule has 2 aromatic rings. The number of hydrogen-bond acceptors (Lipinski definition) is 6. The first-order chi connectivity index (χ1) is 19.0. The van der Waals surface area contributed by atoms with Gasteiger partial charge < -0.3 is 20.3 Å². The van der Waals surface area contributed by atoms with E-state index in [2.05, 4.69) is 33.5 Å². The van der Waals surface area contributed by atoms with Gasteiger partial charge in [0.2, 0.25) is 17.5 Å². The first kappa shape index (κ1) is 25.7. The molecule has 1 aromatic carbocycles. The quantitative estimate of drug-likeness (QED) is 0.537. The van der Waals surface area contributed by atoms with Gasteiger partial charge in [0, 0.05) is 36.2 Å². The zero-order chi connectivity index (χ0) is 28.1. The summed E-state index contributed by atoms with van der Waals surface area (Å²) in [5, 5.41) is 15.9. The van der Waals surface area contributed by atoms with Gasteiger partial charge in [-0.3, -0.25) is 28.9 Å². The maximum absolute atomic E-state index is 14.0. The van der Waals surface area contributed by atoms with Gasteiger partial charge in [-0.25, -0.2) is 0 Å². The van der Waals surface area contributed by atoms with Crippen LogP contribution in [0.2, 0.25) is 0 Å². The van der Waals surface area contributed by atoms with Crippen LogP contribution >= 0.6 is 0 Å². The number of fused-ring (bicyclic) bond motifs is 5. The third kappa shape index (κ3) is 3.48. The van der Waals surface area contributed by atoms with Gasteiger partial charge in [0.05, 0.1) is 5.92 Å². The van der Waals surface area contributed by atoms with Gasteiger partial charge in [-0.05, 0) is 68.3 Å². The number of carbonyl (C=O) groups is 3. The van der Waals surface area contributed by atoms with E-state index in [0.29, 0.717) is 25.9 Å². The van der Waals surface area contributed by atoms with Gasteiger partial charge >= 0.3 is 0 Å². The van der Waals surface area contributed by atoms with Crippen LogP contribution in [0, 0.1) is 11.8 Å². The van der Waals surface area contributed by atoms with Crippen LogP contribution in [0.25, 0.3) is 16.5 Å². The molecule has 212 valence electrons. The normalized spacial score (nSPS) is 35.2. The standard InChI is InChI=1S/C30H37N5O5/c1-16(2)11-23-27(37)34-10-6-9-24(34)30(39)35(23)28(38)29(3,40-30)32-26(36)18-12-20-19-7-5-8-21-25(19)17(14-31-21)13-22(20)33(4)15-18/h5,7-8,12,14,16,18,22-24,31,39H,6,9-11,13,15H2,1-4H3,(H,32,36)/t18-,22-,23+,24+,29-,30+/m1/s1. The van der Waals surface area contributed by atoms with E-state index in [-0.39, 0.29) is 23.8 Å². The van der Waals surface area contributed by atoms with Crippen LogP contribution in [0.5, 0.6) is 0 Å². The number of rotatable bonds is 4. The summed E-state index contributed by atoms with van der Waals surface area (Å²) in [6, 6.07) is 4.84. The average Bonchev–Trinajstić information content (AvgIpc) is 3.60. The number of carbonyl (C=O) groups excluding carboxylic acids is 3. The van der Waals surface area contributed by atoms with Crippen molar-refractivity contribution in [2.75, 3.05) is 20.1 Å². The Kier molecular flexibility index (Phi) is 5.56. The van der Waals surface area contributed by atoms with E-state index in [1.165, 1.54) is 22.8 Å². The molecule has 7 rings (SSSR count). The van der Waals surface area contributed by atoms with Crippen molar-refractivity contribution in [1.29, 1.82) is 0 Å². The lowest BCUT2D eigenvalue weighted by Crippen LogP contribution is -2.71. The summed E-state index contributed by atoms with van der Waals surface area (Å²) in [6.45, 7) is 6.46. The fraction of sp³-hybridized carbons (Fsp3) is 0.567. The van der Waals surface area contributed by atoms with E-state index in [4.69, 9.17) is 4.74 Å². The molecular weight excluding hydrogens is 510 g/mol. The van der Waals surface area contributed by atoms with Crippen LogP contribution in [0.1, 0.15) is 51.2 Å².